The number of carbonyl (C=O) groups is 1. The van der Waals surface area contributed by atoms with Crippen LogP contribution >= 0.6 is 0 Å². The molecule has 1 heterocycles. The molecule has 6 heteroatoms. The van der Waals surface area contributed by atoms with Crippen LogP contribution in [0.25, 0.3) is 0 Å². The van der Waals surface area contributed by atoms with E-state index in [2.05, 4.69) is 16.3 Å². The Morgan fingerprint density at radius 2 is 1.91 bits per heavy atom. The van der Waals surface area contributed by atoms with Gasteiger partial charge in [0.25, 0.3) is 11.5 Å². The molecular weight excluding hydrogens is 282 g/mol. The van der Waals surface area contributed by atoms with Crippen LogP contribution in [-0.2, 0) is 0 Å². The topological polar surface area (TPSA) is 75.3 Å². The number of aryl methyl sites for hydroxylation is 2. The molecule has 2 aromatic rings. The number of benzene rings is 1. The van der Waals surface area contributed by atoms with Crippen molar-refractivity contribution in [1.29, 1.82) is 0 Å². The summed E-state index contributed by atoms with van der Waals surface area (Å²) in [5.41, 5.74) is 2.14. The molecule has 1 aromatic heterocycles. The monoisotopic (exact) mass is 301 g/mol. The Bertz CT molecular complexity index is 684. The summed E-state index contributed by atoms with van der Waals surface area (Å²) >= 11 is 0. The zero-order valence-corrected chi connectivity index (χ0v) is 12.9. The van der Waals surface area contributed by atoms with Crippen molar-refractivity contribution in [1.82, 2.24) is 15.1 Å². The van der Waals surface area contributed by atoms with Crippen LogP contribution in [0.1, 0.15) is 21.6 Å². The second kappa shape index (κ2) is 6.89. The number of amides is 1. The lowest BCUT2D eigenvalue weighted by Crippen LogP contribution is -2.32. The largest absolute Gasteiger partial charge is 0.492 e. The predicted molar refractivity (Wildman–Crippen MR) is 83.2 cm³/mol. The maximum absolute atomic E-state index is 12.1. The molecule has 22 heavy (non-hydrogen) atoms. The first-order valence-electron chi connectivity index (χ1n) is 6.98. The molecule has 0 saturated carbocycles. The van der Waals surface area contributed by atoms with E-state index in [0.29, 0.717) is 13.2 Å². The maximum atomic E-state index is 12.1. The highest BCUT2D eigenvalue weighted by Gasteiger charge is 2.13. The van der Waals surface area contributed by atoms with Gasteiger partial charge in [0.2, 0.25) is 0 Å². The Balaban J connectivity index is 1.89. The fourth-order valence-electron chi connectivity index (χ4n) is 2.08. The second-order valence-electron chi connectivity index (χ2n) is 5.21. The van der Waals surface area contributed by atoms with Gasteiger partial charge in [-0.2, -0.15) is 5.10 Å². The van der Waals surface area contributed by atoms with Gasteiger partial charge in [-0.15, -0.1) is 0 Å². The fraction of sp³-hybridized carbons (Fsp3) is 0.312. The lowest BCUT2D eigenvalue weighted by Gasteiger charge is -2.17. The standard InChI is InChI=1S/C16H19N3O3/c1-11-8-12(2)10-13(9-11)22-7-6-19(3)16(21)14-4-5-15(20)18-17-14/h4-5,8-10H,6-7H2,1-3H3,(H,18,20). The summed E-state index contributed by atoms with van der Waals surface area (Å²) in [7, 11) is 1.67. The first kappa shape index (κ1) is 15.8. The van der Waals surface area contributed by atoms with Crippen LogP contribution in [0, 0.1) is 13.8 Å². The number of rotatable bonds is 5. The molecule has 0 unspecified atom stereocenters. The summed E-state index contributed by atoms with van der Waals surface area (Å²) in [6.45, 7) is 4.83. The van der Waals surface area contributed by atoms with Gasteiger partial charge in [-0.05, 0) is 43.2 Å². The number of nitrogens with one attached hydrogen (secondary N) is 1. The van der Waals surface area contributed by atoms with Gasteiger partial charge >= 0.3 is 0 Å². The van der Waals surface area contributed by atoms with E-state index in [1.54, 1.807) is 7.05 Å². The van der Waals surface area contributed by atoms with Gasteiger partial charge in [0.05, 0.1) is 6.54 Å². The van der Waals surface area contributed by atoms with Gasteiger partial charge < -0.3 is 9.64 Å². The number of likely N-dealkylation sites (N-methyl/N-ethyl adjacent to an activating group) is 1. The van der Waals surface area contributed by atoms with E-state index in [1.165, 1.54) is 17.0 Å². The van der Waals surface area contributed by atoms with E-state index < -0.39 is 0 Å². The average Bonchev–Trinajstić information content (AvgIpc) is 2.46. The first-order valence-corrected chi connectivity index (χ1v) is 6.98. The van der Waals surface area contributed by atoms with Gasteiger partial charge in [0, 0.05) is 13.1 Å². The van der Waals surface area contributed by atoms with Crippen molar-refractivity contribution in [2.45, 2.75) is 13.8 Å². The van der Waals surface area contributed by atoms with Crippen molar-refractivity contribution in [2.75, 3.05) is 20.2 Å². The summed E-state index contributed by atoms with van der Waals surface area (Å²) in [5, 5.41) is 5.96. The quantitative estimate of drug-likeness (QED) is 0.909. The normalized spacial score (nSPS) is 10.3. The molecule has 0 saturated heterocycles. The van der Waals surface area contributed by atoms with Crippen molar-refractivity contribution < 1.29 is 9.53 Å². The van der Waals surface area contributed by atoms with Gasteiger partial charge in [-0.3, -0.25) is 9.59 Å². The highest BCUT2D eigenvalue weighted by Crippen LogP contribution is 2.16. The summed E-state index contributed by atoms with van der Waals surface area (Å²) < 4.78 is 5.67. The number of H-pyrrole nitrogens is 1. The molecule has 0 aliphatic heterocycles. The average molecular weight is 301 g/mol. The summed E-state index contributed by atoms with van der Waals surface area (Å²) in [6.07, 6.45) is 0. The van der Waals surface area contributed by atoms with E-state index in [9.17, 15) is 9.59 Å². The third-order valence-corrected chi connectivity index (χ3v) is 3.14. The van der Waals surface area contributed by atoms with Gasteiger partial charge in [0.15, 0.2) is 0 Å². The molecule has 2 rings (SSSR count). The number of carbonyl (C=O) groups excluding carboxylic acids is 1. The van der Waals surface area contributed by atoms with Crippen LogP contribution in [0.2, 0.25) is 0 Å². The third kappa shape index (κ3) is 4.18. The summed E-state index contributed by atoms with van der Waals surface area (Å²) in [5.74, 6) is 0.529. The van der Waals surface area contributed by atoms with Crippen LogP contribution in [-0.4, -0.2) is 41.2 Å². The number of aromatic amines is 1. The molecule has 0 aliphatic rings. The number of aromatic nitrogens is 2. The minimum absolute atomic E-state index is 0.202. The lowest BCUT2D eigenvalue weighted by molar-refractivity contribution is 0.0766. The fourth-order valence-corrected chi connectivity index (χ4v) is 2.08. The molecule has 0 atom stereocenters. The van der Waals surface area contributed by atoms with Crippen LogP contribution in [0.15, 0.2) is 35.1 Å². The summed E-state index contributed by atoms with van der Waals surface area (Å²) in [6, 6.07) is 8.67. The molecule has 1 aromatic carbocycles. The van der Waals surface area contributed by atoms with Crippen molar-refractivity contribution in [2.24, 2.45) is 0 Å². The second-order valence-corrected chi connectivity index (χ2v) is 5.21. The van der Waals surface area contributed by atoms with Crippen molar-refractivity contribution in [3.05, 3.63) is 57.5 Å². The highest BCUT2D eigenvalue weighted by atomic mass is 16.5. The van der Waals surface area contributed by atoms with Gasteiger partial charge in [0.1, 0.15) is 18.1 Å². The SMILES string of the molecule is Cc1cc(C)cc(OCCN(C)C(=O)c2ccc(=O)[nH]n2)c1. The Hall–Kier alpha value is -2.63. The number of nitrogens with zero attached hydrogens (tertiary/aromatic N) is 2. The van der Waals surface area contributed by atoms with Crippen LogP contribution < -0.4 is 10.3 Å². The molecule has 0 spiro atoms. The molecule has 1 N–H and O–H groups in total. The summed E-state index contributed by atoms with van der Waals surface area (Å²) in [4.78, 5) is 24.5. The van der Waals surface area contributed by atoms with Crippen LogP contribution in [0.4, 0.5) is 0 Å². The Labute approximate surface area is 128 Å². The number of hydrogen-bond acceptors (Lipinski definition) is 4. The minimum Gasteiger partial charge on any atom is -0.492 e. The zero-order valence-electron chi connectivity index (χ0n) is 12.9. The Morgan fingerprint density at radius 1 is 1.23 bits per heavy atom. The molecule has 6 nitrogen and oxygen atoms in total. The van der Waals surface area contributed by atoms with Crippen molar-refractivity contribution in [3.8, 4) is 5.75 Å². The molecule has 1 amide bonds. The molecule has 0 aliphatic carbocycles. The van der Waals surface area contributed by atoms with Crippen LogP contribution in [0.5, 0.6) is 5.75 Å². The van der Waals surface area contributed by atoms with E-state index in [4.69, 9.17) is 4.74 Å². The minimum atomic E-state index is -0.336. The number of hydrogen-bond donors (Lipinski definition) is 1. The van der Waals surface area contributed by atoms with E-state index >= 15 is 0 Å². The molecule has 0 radical (unpaired) electrons. The van der Waals surface area contributed by atoms with Gasteiger partial charge in [-0.1, -0.05) is 6.07 Å². The predicted octanol–water partition coefficient (Wildman–Crippen LogP) is 1.54. The van der Waals surface area contributed by atoms with Crippen molar-refractivity contribution >= 4 is 5.91 Å². The highest BCUT2D eigenvalue weighted by molar-refractivity contribution is 5.91. The van der Waals surface area contributed by atoms with E-state index in [-0.39, 0.29) is 17.2 Å². The van der Waals surface area contributed by atoms with Crippen LogP contribution in [0.3, 0.4) is 0 Å². The third-order valence-electron chi connectivity index (χ3n) is 3.14. The molecule has 116 valence electrons. The molecular formula is C16H19N3O3. The lowest BCUT2D eigenvalue weighted by atomic mass is 10.1. The van der Waals surface area contributed by atoms with Gasteiger partial charge in [-0.25, -0.2) is 5.10 Å². The Morgan fingerprint density at radius 3 is 2.50 bits per heavy atom. The smallest absolute Gasteiger partial charge is 0.274 e. The maximum Gasteiger partial charge on any atom is 0.274 e. The van der Waals surface area contributed by atoms with E-state index in [0.717, 1.165) is 16.9 Å². The van der Waals surface area contributed by atoms with E-state index in [1.807, 2.05) is 26.0 Å². The molecule has 0 bridgehead atoms. The Kier molecular flexibility index (Phi) is 4.93. The van der Waals surface area contributed by atoms with Crippen molar-refractivity contribution in [3.63, 3.8) is 0 Å². The molecule has 0 fully saturated rings. The first-order chi connectivity index (χ1) is 10.5. The number of ether oxygens (including phenoxy) is 1. The zero-order chi connectivity index (χ0) is 16.1.